The number of anilines is 2. The van der Waals surface area contributed by atoms with E-state index in [1.54, 1.807) is 134 Å². The molecule has 0 bridgehead atoms. The SMILES string of the molecule is CC(=O)C=C(C)Nc1c(C)cc(C)cc1C.Oc1cc2ccccc2cc1Sc1c(O)ccc2ccccc12.Oc1ccccc1-c1nc2ccccc2s1.Oc1ccccc1C=Nc1ccccc1O.Oc1ccccc1N=Nc1ccccc1O.Oc1ccccc1NCc1cccc(-c2ccccc2)n1.S=c1[nH]c2ccccc2[nH]1. The number of fused-ring (bicyclic) bond motifs is 4. The van der Waals surface area contributed by atoms with Gasteiger partial charge in [0, 0.05) is 28.7 Å². The molecule has 0 atom stereocenters. The number of hydrogen-bond acceptors (Lipinski definition) is 19. The molecule has 118 heavy (non-hydrogen) atoms. The van der Waals surface area contributed by atoms with Gasteiger partial charge in [-0.15, -0.1) is 21.6 Å². The van der Waals surface area contributed by atoms with E-state index in [-0.39, 0.29) is 51.8 Å². The van der Waals surface area contributed by atoms with E-state index in [0.29, 0.717) is 39.6 Å². The van der Waals surface area contributed by atoms with Crippen LogP contribution in [0, 0.1) is 25.5 Å². The van der Waals surface area contributed by atoms with Crippen LogP contribution in [0.5, 0.6) is 46.0 Å². The van der Waals surface area contributed by atoms with Gasteiger partial charge >= 0.3 is 0 Å². The summed E-state index contributed by atoms with van der Waals surface area (Å²) in [5.74, 6) is 1.44. The smallest absolute Gasteiger partial charge is 0.175 e. The Morgan fingerprint density at radius 3 is 1.61 bits per heavy atom. The molecule has 3 aromatic heterocycles. The molecule has 0 radical (unpaired) electrons. The third kappa shape index (κ3) is 24.2. The minimum Gasteiger partial charge on any atom is -0.507 e. The maximum atomic E-state index is 11.0. The number of phenols is 8. The van der Waals surface area contributed by atoms with Crippen LogP contribution in [0.15, 0.2) is 364 Å². The van der Waals surface area contributed by atoms with Crippen LogP contribution in [-0.2, 0) is 11.3 Å². The van der Waals surface area contributed by atoms with Crippen molar-refractivity contribution >= 4 is 119 Å². The number of aliphatic imine (C=N–C) groups is 1. The first kappa shape index (κ1) is 84.3. The molecule has 0 saturated carbocycles. The summed E-state index contributed by atoms with van der Waals surface area (Å²) in [6.07, 6.45) is 3.13. The third-order valence-electron chi connectivity index (χ3n) is 17.6. The zero-order valence-electron chi connectivity index (χ0n) is 65.0. The van der Waals surface area contributed by atoms with Gasteiger partial charge in [-0.05, 0) is 213 Å². The minimum atomic E-state index is 0.0571. The van der Waals surface area contributed by atoms with Crippen LogP contribution in [0.4, 0.5) is 28.4 Å². The Balaban J connectivity index is 0.000000136. The molecule has 0 saturated heterocycles. The summed E-state index contributed by atoms with van der Waals surface area (Å²) in [7, 11) is 0. The number of nitrogens with one attached hydrogen (secondary N) is 4. The van der Waals surface area contributed by atoms with Gasteiger partial charge < -0.3 is 61.5 Å². The molecule has 0 spiro atoms. The predicted octanol–water partition coefficient (Wildman–Crippen LogP) is 25.4. The molecule has 0 unspecified atom stereocenters. The van der Waals surface area contributed by atoms with E-state index in [1.807, 2.05) is 201 Å². The number of carbonyl (C=O) groups is 1. The Morgan fingerprint density at radius 2 is 1.00 bits per heavy atom. The van der Waals surface area contributed by atoms with Gasteiger partial charge in [0.05, 0.1) is 60.2 Å². The first-order chi connectivity index (χ1) is 57.2. The van der Waals surface area contributed by atoms with Crippen molar-refractivity contribution in [3.8, 4) is 67.8 Å². The van der Waals surface area contributed by atoms with Crippen molar-refractivity contribution in [2.75, 3.05) is 10.6 Å². The zero-order chi connectivity index (χ0) is 83.3. The van der Waals surface area contributed by atoms with Gasteiger partial charge in [0.1, 0.15) is 68.1 Å². The van der Waals surface area contributed by atoms with Crippen LogP contribution < -0.4 is 10.6 Å². The van der Waals surface area contributed by atoms with E-state index in [9.17, 15) is 45.6 Å². The fraction of sp³-hybridized carbons (Fsp3) is 0.0619. The highest BCUT2D eigenvalue weighted by Crippen LogP contribution is 2.45. The van der Waals surface area contributed by atoms with Gasteiger partial charge in [-0.25, -0.2) is 4.98 Å². The first-order valence-electron chi connectivity index (χ1n) is 37.3. The number of imidazole rings is 1. The highest BCUT2D eigenvalue weighted by atomic mass is 32.2. The average Bonchev–Trinajstić information content (AvgIpc) is 0.873. The normalized spacial score (nSPS) is 10.8. The molecule has 14 aromatic carbocycles. The molecule has 18 nitrogen and oxygen atoms in total. The van der Waals surface area contributed by atoms with Crippen molar-refractivity contribution in [2.45, 2.75) is 51.0 Å². The van der Waals surface area contributed by atoms with Crippen molar-refractivity contribution in [1.29, 1.82) is 0 Å². The molecule has 17 rings (SSSR count). The number of aromatic amines is 2. The number of ketones is 1. The molecular weight excluding hydrogens is 1530 g/mol. The molecule has 0 aliphatic rings. The van der Waals surface area contributed by atoms with Gasteiger partial charge in [0.25, 0.3) is 0 Å². The molecule has 12 N–H and O–H groups in total. The lowest BCUT2D eigenvalue weighted by atomic mass is 10.0. The number of para-hydroxylation sites is 11. The van der Waals surface area contributed by atoms with Crippen LogP contribution >= 0.6 is 35.3 Å². The summed E-state index contributed by atoms with van der Waals surface area (Å²) < 4.78 is 1.82. The second kappa shape index (κ2) is 41.9. The van der Waals surface area contributed by atoms with Crippen molar-refractivity contribution < 1.29 is 45.6 Å². The zero-order valence-corrected chi connectivity index (χ0v) is 67.4. The Kier molecular flexibility index (Phi) is 29.9. The predicted molar refractivity (Wildman–Crippen MR) is 483 cm³/mol. The number of aryl methyl sites for hydroxylation is 3. The first-order valence-corrected chi connectivity index (χ1v) is 39.3. The van der Waals surface area contributed by atoms with Crippen molar-refractivity contribution in [3.63, 3.8) is 0 Å². The van der Waals surface area contributed by atoms with E-state index in [4.69, 9.17) is 12.2 Å². The van der Waals surface area contributed by atoms with Crippen LogP contribution in [0.2, 0.25) is 0 Å². The minimum absolute atomic E-state index is 0.0571. The fourth-order valence-corrected chi connectivity index (χ4v) is 14.2. The fourth-order valence-electron chi connectivity index (χ4n) is 11.9. The molecule has 21 heteroatoms. The van der Waals surface area contributed by atoms with Crippen LogP contribution in [0.1, 0.15) is 41.8 Å². The topological polar surface area (TPSA) is 297 Å². The second-order valence-corrected chi connectivity index (χ2v) is 29.1. The number of azo groups is 1. The number of H-pyrrole nitrogens is 2. The van der Waals surface area contributed by atoms with E-state index in [0.717, 1.165) is 91.5 Å². The molecule has 0 aliphatic carbocycles. The number of carbonyl (C=O) groups excluding carboxylic acids is 1. The summed E-state index contributed by atoms with van der Waals surface area (Å²) in [5, 5.41) is 97.1. The summed E-state index contributed by atoms with van der Waals surface area (Å²) in [4.78, 5) is 31.7. The van der Waals surface area contributed by atoms with Gasteiger partial charge in [-0.2, -0.15) is 0 Å². The highest BCUT2D eigenvalue weighted by molar-refractivity contribution is 7.99. The lowest BCUT2D eigenvalue weighted by molar-refractivity contribution is -0.112. The number of thiazole rings is 1. The van der Waals surface area contributed by atoms with Crippen LogP contribution in [0.3, 0.4) is 0 Å². The number of benzene rings is 14. The van der Waals surface area contributed by atoms with Gasteiger partial charge in [-0.3, -0.25) is 14.8 Å². The summed E-state index contributed by atoms with van der Waals surface area (Å²) in [6, 6.07) is 101. The largest absolute Gasteiger partial charge is 0.507 e. The molecule has 0 amide bonds. The number of hydrogen-bond donors (Lipinski definition) is 12. The standard InChI is InChI=1S/C20H14O2S.C18H16N2O.C14H19NO.C13H11NO2.C13H9NOS.C12H10N2O2.C7H6N2S/c21-17-10-9-13-5-3-4-8-16(13)20(17)23-19-12-15-7-2-1-6-14(15)11-18(19)22;21-18-12-5-4-10-17(18)19-13-15-9-6-11-16(20-15)14-7-2-1-3-8-14;1-9-6-10(2)14(11(3)7-9)15-12(4)8-13(5)16;15-12-7-3-1-5-10(12)9-14-11-6-2-4-8-13(11)16;15-11-7-3-1-5-9(11)13-14-10-6-2-4-8-12(10)16-13;15-11-7-3-1-5-9(11)13-14-10-6-2-4-8-12(10)16;10-7-8-5-3-1-2-4-6(5)9-7/h1-12,21-22H;1-12,19,21H,13H2;6-8,15H,1-5H3;1-9,15-16H;1-8,15H;1-8,15-16H;1-4H,(H2,8,9,10). The average molecular weight is 1620 g/mol. The lowest BCUT2D eigenvalue weighted by Crippen LogP contribution is -2.02. The summed E-state index contributed by atoms with van der Waals surface area (Å²) in [6.45, 7) is 10.3. The molecule has 590 valence electrons. The maximum absolute atomic E-state index is 11.0. The number of phenolic OH excluding ortho intramolecular Hbond substituents is 8. The van der Waals surface area contributed by atoms with Crippen LogP contribution in [-0.4, -0.2) is 72.8 Å². The molecule has 0 aliphatic heterocycles. The van der Waals surface area contributed by atoms with Crippen molar-refractivity contribution in [1.82, 2.24) is 19.9 Å². The van der Waals surface area contributed by atoms with E-state index in [1.165, 1.54) is 46.8 Å². The van der Waals surface area contributed by atoms with Crippen LogP contribution in [0.25, 0.3) is 64.6 Å². The highest BCUT2D eigenvalue weighted by Gasteiger charge is 2.14. The number of nitrogens with zero attached hydrogens (tertiary/aromatic N) is 5. The Hall–Kier alpha value is -14.6. The number of pyridine rings is 1. The Morgan fingerprint density at radius 1 is 0.475 bits per heavy atom. The number of aromatic nitrogens is 4. The quantitative estimate of drug-likeness (QED) is 0.0158. The molecule has 17 aromatic rings. The Labute approximate surface area is 696 Å². The van der Waals surface area contributed by atoms with E-state index < -0.39 is 0 Å². The Bertz CT molecular complexity index is 6140. The molecule has 0 fully saturated rings. The number of aromatic hydroxyl groups is 8. The number of allylic oxidation sites excluding steroid dienone is 2. The molecular formula is C97H85N9O9S3. The summed E-state index contributed by atoms with van der Waals surface area (Å²) >= 11 is 7.88. The maximum Gasteiger partial charge on any atom is 0.175 e. The second-order valence-electron chi connectivity index (χ2n) is 26.6. The lowest BCUT2D eigenvalue weighted by Gasteiger charge is -2.13. The van der Waals surface area contributed by atoms with E-state index in [2.05, 4.69) is 78.7 Å². The monoisotopic (exact) mass is 1620 g/mol. The van der Waals surface area contributed by atoms with Crippen molar-refractivity contribution in [3.05, 3.63) is 372 Å². The van der Waals surface area contributed by atoms with Gasteiger partial charge in [-0.1, -0.05) is 218 Å². The van der Waals surface area contributed by atoms with Gasteiger partial charge in [0.2, 0.25) is 0 Å². The number of rotatable bonds is 14. The summed E-state index contributed by atoms with van der Waals surface area (Å²) in [5.41, 5.74) is 15.1. The van der Waals surface area contributed by atoms with Gasteiger partial charge in [0.15, 0.2) is 10.6 Å². The third-order valence-corrected chi connectivity index (χ3v) is 20.1. The van der Waals surface area contributed by atoms with Crippen molar-refractivity contribution in [2.24, 2.45) is 15.2 Å². The molecule has 3 heterocycles. The van der Waals surface area contributed by atoms with E-state index >= 15 is 0 Å².